The summed E-state index contributed by atoms with van der Waals surface area (Å²) in [7, 11) is 0. The second-order valence-corrected chi connectivity index (χ2v) is 13.8. The monoisotopic (exact) mass is 680 g/mol. The van der Waals surface area contributed by atoms with Gasteiger partial charge in [0.2, 0.25) is 0 Å². The topological polar surface area (TPSA) is 21.3 Å². The lowest BCUT2D eigenvalue weighted by atomic mass is 9.97. The van der Waals surface area contributed by atoms with Gasteiger partial charge in [-0.15, -0.1) is 0 Å². The molecule has 0 aliphatic heterocycles. The van der Waals surface area contributed by atoms with Crippen molar-refractivity contribution in [2.75, 3.05) is 4.90 Å². The summed E-state index contributed by atoms with van der Waals surface area (Å²) < 4.78 is 9.35. The molecule has 53 heavy (non-hydrogen) atoms. The fourth-order valence-corrected chi connectivity index (χ4v) is 8.21. The van der Waals surface area contributed by atoms with E-state index in [9.17, 15) is 0 Å². The summed E-state index contributed by atoms with van der Waals surface area (Å²) in [6, 6.07) is 65.2. The van der Waals surface area contributed by atoms with E-state index in [2.05, 4.69) is 205 Å². The van der Waals surface area contributed by atoms with Crippen molar-refractivity contribution in [3.8, 4) is 27.9 Å². The Bertz CT molecular complexity index is 2930. The molecular formula is C50H36N2O. The summed E-state index contributed by atoms with van der Waals surface area (Å²) in [6.07, 6.45) is 0. The molecule has 252 valence electrons. The van der Waals surface area contributed by atoms with Gasteiger partial charge < -0.3 is 13.9 Å². The van der Waals surface area contributed by atoms with Crippen LogP contribution in [0.1, 0.15) is 11.1 Å². The summed E-state index contributed by atoms with van der Waals surface area (Å²) in [5.41, 5.74) is 15.5. The quantitative estimate of drug-likeness (QED) is 0.174. The molecule has 3 heteroatoms. The van der Waals surface area contributed by atoms with E-state index in [1.807, 2.05) is 0 Å². The summed E-state index contributed by atoms with van der Waals surface area (Å²) in [4.78, 5) is 2.42. The molecule has 0 fully saturated rings. The smallest absolute Gasteiger partial charge is 0.145 e. The number of rotatable bonds is 6. The first-order chi connectivity index (χ1) is 26.2. The molecule has 3 nitrogen and oxygen atoms in total. The Morgan fingerprint density at radius 3 is 1.79 bits per heavy atom. The van der Waals surface area contributed by atoms with Gasteiger partial charge in [0.1, 0.15) is 11.2 Å². The van der Waals surface area contributed by atoms with Crippen LogP contribution in [0.3, 0.4) is 0 Å². The predicted octanol–water partition coefficient (Wildman–Crippen LogP) is 14.1. The third kappa shape index (κ3) is 4.97. The fourth-order valence-electron chi connectivity index (χ4n) is 8.21. The average Bonchev–Trinajstić information content (AvgIpc) is 3.76. The Morgan fingerprint density at radius 2 is 1.04 bits per heavy atom. The Kier molecular flexibility index (Phi) is 7.26. The van der Waals surface area contributed by atoms with E-state index in [1.54, 1.807) is 0 Å². The van der Waals surface area contributed by atoms with E-state index in [0.717, 1.165) is 55.8 Å². The maximum Gasteiger partial charge on any atom is 0.145 e. The van der Waals surface area contributed by atoms with E-state index in [4.69, 9.17) is 4.42 Å². The Morgan fingerprint density at radius 1 is 0.434 bits per heavy atom. The lowest BCUT2D eigenvalue weighted by Gasteiger charge is -2.29. The van der Waals surface area contributed by atoms with Gasteiger partial charge in [-0.3, -0.25) is 0 Å². The van der Waals surface area contributed by atoms with E-state index in [1.165, 1.54) is 44.1 Å². The van der Waals surface area contributed by atoms with E-state index >= 15 is 0 Å². The van der Waals surface area contributed by atoms with Crippen LogP contribution in [0.25, 0.3) is 71.7 Å². The molecule has 10 aromatic rings. The van der Waals surface area contributed by atoms with Crippen molar-refractivity contribution >= 4 is 60.8 Å². The molecule has 0 aliphatic carbocycles. The molecule has 8 aromatic carbocycles. The molecule has 0 aliphatic rings. The van der Waals surface area contributed by atoms with Crippen LogP contribution in [0, 0.1) is 13.8 Å². The number of hydrogen-bond donors (Lipinski definition) is 0. The highest BCUT2D eigenvalue weighted by molar-refractivity contribution is 6.18. The standard InChI is InChI=1S/C50H36N2O/c1-33-16-6-11-23-42(33)51(43-30-28-36(32-34(43)2)35-17-4-3-5-18-35)47-31-29-40(50-49(47)41-22-10-15-27-48(41)53-50)39-21-9-14-26-46(39)52-44-24-12-7-19-37(44)38-20-8-13-25-45(38)52/h3-32H,1-2H3. The fraction of sp³-hybridized carbons (Fsp3) is 0.0400. The number of furan rings is 1. The minimum absolute atomic E-state index is 0.867. The molecule has 10 rings (SSSR count). The van der Waals surface area contributed by atoms with Gasteiger partial charge in [0.15, 0.2) is 0 Å². The third-order valence-electron chi connectivity index (χ3n) is 10.7. The second-order valence-electron chi connectivity index (χ2n) is 13.8. The molecule has 0 spiro atoms. The van der Waals surface area contributed by atoms with Gasteiger partial charge in [-0.1, -0.05) is 127 Å². The molecule has 0 N–H and O–H groups in total. The molecule has 0 unspecified atom stereocenters. The van der Waals surface area contributed by atoms with Crippen LogP contribution in [0.5, 0.6) is 0 Å². The lowest BCUT2D eigenvalue weighted by molar-refractivity contribution is 0.670. The Labute approximate surface area is 308 Å². The lowest BCUT2D eigenvalue weighted by Crippen LogP contribution is -2.13. The summed E-state index contributed by atoms with van der Waals surface area (Å²) in [5.74, 6) is 0. The summed E-state index contributed by atoms with van der Waals surface area (Å²) >= 11 is 0. The number of anilines is 3. The van der Waals surface area contributed by atoms with Crippen LogP contribution in [0.15, 0.2) is 186 Å². The number of aryl methyl sites for hydroxylation is 2. The molecule has 0 atom stereocenters. The van der Waals surface area contributed by atoms with E-state index in [0.29, 0.717) is 0 Å². The van der Waals surface area contributed by atoms with E-state index in [-0.39, 0.29) is 0 Å². The molecule has 0 radical (unpaired) electrons. The number of aromatic nitrogens is 1. The van der Waals surface area contributed by atoms with Gasteiger partial charge in [-0.2, -0.15) is 0 Å². The van der Waals surface area contributed by atoms with Gasteiger partial charge in [0.05, 0.1) is 27.8 Å². The first-order valence-electron chi connectivity index (χ1n) is 18.2. The van der Waals surface area contributed by atoms with Crippen LogP contribution in [0.4, 0.5) is 17.1 Å². The van der Waals surface area contributed by atoms with Gasteiger partial charge in [0, 0.05) is 38.7 Å². The van der Waals surface area contributed by atoms with Crippen LogP contribution in [0.2, 0.25) is 0 Å². The van der Waals surface area contributed by atoms with Crippen LogP contribution < -0.4 is 4.90 Å². The minimum Gasteiger partial charge on any atom is -0.455 e. The van der Waals surface area contributed by atoms with Crippen molar-refractivity contribution in [2.24, 2.45) is 0 Å². The minimum atomic E-state index is 0.867. The Balaban J connectivity index is 1.25. The van der Waals surface area contributed by atoms with Gasteiger partial charge in [0.25, 0.3) is 0 Å². The van der Waals surface area contributed by atoms with Crippen LogP contribution in [-0.2, 0) is 0 Å². The summed E-state index contributed by atoms with van der Waals surface area (Å²) in [5, 5.41) is 4.66. The molecule has 2 aromatic heterocycles. The van der Waals surface area contributed by atoms with Crippen molar-refractivity contribution in [1.29, 1.82) is 0 Å². The predicted molar refractivity (Wildman–Crippen MR) is 223 cm³/mol. The largest absolute Gasteiger partial charge is 0.455 e. The van der Waals surface area contributed by atoms with Gasteiger partial charge >= 0.3 is 0 Å². The first kappa shape index (κ1) is 30.9. The number of hydrogen-bond acceptors (Lipinski definition) is 2. The SMILES string of the molecule is Cc1ccccc1N(c1ccc(-c2ccccc2)cc1C)c1ccc(-c2ccccc2-n2c3ccccc3c3ccccc32)c2oc3ccccc3c12. The van der Waals surface area contributed by atoms with Crippen molar-refractivity contribution in [3.05, 3.63) is 193 Å². The highest BCUT2D eigenvalue weighted by Gasteiger charge is 2.25. The maximum absolute atomic E-state index is 6.95. The maximum atomic E-state index is 6.95. The molecule has 0 bridgehead atoms. The average molecular weight is 681 g/mol. The van der Waals surface area contributed by atoms with E-state index < -0.39 is 0 Å². The number of fused-ring (bicyclic) bond motifs is 6. The van der Waals surface area contributed by atoms with Crippen molar-refractivity contribution in [2.45, 2.75) is 13.8 Å². The van der Waals surface area contributed by atoms with Crippen molar-refractivity contribution < 1.29 is 4.42 Å². The molecule has 0 amide bonds. The number of para-hydroxylation sites is 5. The molecule has 2 heterocycles. The van der Waals surface area contributed by atoms with Gasteiger partial charge in [-0.05, 0) is 90.7 Å². The molecule has 0 saturated carbocycles. The normalized spacial score (nSPS) is 11.6. The highest BCUT2D eigenvalue weighted by Crippen LogP contribution is 2.48. The van der Waals surface area contributed by atoms with Crippen LogP contribution in [-0.4, -0.2) is 4.57 Å². The first-order valence-corrected chi connectivity index (χ1v) is 18.2. The zero-order valence-corrected chi connectivity index (χ0v) is 29.6. The Hall–Kier alpha value is -6.84. The zero-order valence-electron chi connectivity index (χ0n) is 29.6. The van der Waals surface area contributed by atoms with Crippen LogP contribution >= 0.6 is 0 Å². The highest BCUT2D eigenvalue weighted by atomic mass is 16.3. The number of nitrogens with zero attached hydrogens (tertiary/aromatic N) is 2. The van der Waals surface area contributed by atoms with Crippen molar-refractivity contribution in [3.63, 3.8) is 0 Å². The second kappa shape index (κ2) is 12.4. The third-order valence-corrected chi connectivity index (χ3v) is 10.7. The zero-order chi connectivity index (χ0) is 35.5. The van der Waals surface area contributed by atoms with Crippen molar-refractivity contribution in [1.82, 2.24) is 4.57 Å². The van der Waals surface area contributed by atoms with Gasteiger partial charge in [-0.25, -0.2) is 0 Å². The molecule has 0 saturated heterocycles. The summed E-state index contributed by atoms with van der Waals surface area (Å²) in [6.45, 7) is 4.41. The molecular weight excluding hydrogens is 645 g/mol. The number of benzene rings is 8.